The molecule has 1 N–H and O–H groups in total. The van der Waals surface area contributed by atoms with E-state index in [1.54, 1.807) is 0 Å². The summed E-state index contributed by atoms with van der Waals surface area (Å²) in [7, 11) is 9.01. The number of rotatable bonds is 4. The molecule has 2 saturated heterocycles. The molecule has 4 nitrogen and oxygen atoms in total. The lowest BCUT2D eigenvalue weighted by molar-refractivity contribution is 0.106. The van der Waals surface area contributed by atoms with E-state index in [1.165, 1.54) is 45.4 Å². The normalized spacial score (nSPS) is 29.8. The van der Waals surface area contributed by atoms with E-state index in [0.29, 0.717) is 6.04 Å². The SMILES string of the molecule is CN1CCC(C(CC2CN(C)CCN2)N(C)C)CC1. The fourth-order valence-electron chi connectivity index (χ4n) is 3.68. The summed E-state index contributed by atoms with van der Waals surface area (Å²) in [5.41, 5.74) is 0. The van der Waals surface area contributed by atoms with Crippen molar-refractivity contribution in [3.05, 3.63) is 0 Å². The maximum absolute atomic E-state index is 3.70. The molecule has 0 radical (unpaired) electrons. The van der Waals surface area contributed by atoms with Gasteiger partial charge in [0, 0.05) is 31.7 Å². The van der Waals surface area contributed by atoms with Gasteiger partial charge in [-0.2, -0.15) is 0 Å². The first-order valence-corrected chi connectivity index (χ1v) is 7.83. The van der Waals surface area contributed by atoms with Crippen LogP contribution in [0.25, 0.3) is 0 Å². The molecule has 2 rings (SSSR count). The van der Waals surface area contributed by atoms with Gasteiger partial charge in [-0.25, -0.2) is 0 Å². The first-order chi connectivity index (χ1) is 9.06. The second kappa shape index (κ2) is 7.02. The number of piperazine rings is 1. The van der Waals surface area contributed by atoms with Gasteiger partial charge in [0.1, 0.15) is 0 Å². The third-order valence-electron chi connectivity index (χ3n) is 4.96. The van der Waals surface area contributed by atoms with Crippen LogP contribution in [-0.2, 0) is 0 Å². The van der Waals surface area contributed by atoms with Gasteiger partial charge in [0.25, 0.3) is 0 Å². The number of nitrogens with one attached hydrogen (secondary N) is 1. The molecule has 0 spiro atoms. The number of nitrogens with zero attached hydrogens (tertiary/aromatic N) is 3. The summed E-state index contributed by atoms with van der Waals surface area (Å²) in [6.45, 7) is 6.09. The predicted molar refractivity (Wildman–Crippen MR) is 81.6 cm³/mol. The second-order valence-corrected chi connectivity index (χ2v) is 6.82. The largest absolute Gasteiger partial charge is 0.311 e. The maximum Gasteiger partial charge on any atom is 0.0210 e. The van der Waals surface area contributed by atoms with E-state index in [1.807, 2.05) is 0 Å². The predicted octanol–water partition coefficient (Wildman–Crippen LogP) is 0.552. The highest BCUT2D eigenvalue weighted by Crippen LogP contribution is 2.25. The van der Waals surface area contributed by atoms with Gasteiger partial charge in [0.15, 0.2) is 0 Å². The third kappa shape index (κ3) is 4.42. The van der Waals surface area contributed by atoms with Crippen molar-refractivity contribution in [2.75, 3.05) is 60.9 Å². The molecule has 0 aromatic rings. The minimum atomic E-state index is 0.672. The van der Waals surface area contributed by atoms with Gasteiger partial charge in [0.2, 0.25) is 0 Å². The zero-order valence-corrected chi connectivity index (χ0v) is 13.2. The summed E-state index contributed by atoms with van der Waals surface area (Å²) < 4.78 is 0. The molecule has 112 valence electrons. The van der Waals surface area contributed by atoms with Crippen LogP contribution < -0.4 is 5.32 Å². The Hall–Kier alpha value is -0.160. The van der Waals surface area contributed by atoms with Crippen LogP contribution in [0.15, 0.2) is 0 Å². The van der Waals surface area contributed by atoms with Crippen LogP contribution in [0.2, 0.25) is 0 Å². The Morgan fingerprint density at radius 3 is 2.37 bits per heavy atom. The molecule has 0 aromatic heterocycles. The van der Waals surface area contributed by atoms with Gasteiger partial charge in [0.05, 0.1) is 0 Å². The summed E-state index contributed by atoms with van der Waals surface area (Å²) in [6.07, 6.45) is 4.02. The van der Waals surface area contributed by atoms with Crippen LogP contribution in [0.4, 0.5) is 0 Å². The molecule has 0 aromatic carbocycles. The average Bonchev–Trinajstić information content (AvgIpc) is 2.37. The summed E-state index contributed by atoms with van der Waals surface area (Å²) in [5.74, 6) is 0.875. The van der Waals surface area contributed by atoms with Crippen LogP contribution in [0, 0.1) is 5.92 Å². The molecule has 2 unspecified atom stereocenters. The zero-order chi connectivity index (χ0) is 13.8. The second-order valence-electron chi connectivity index (χ2n) is 6.82. The van der Waals surface area contributed by atoms with E-state index < -0.39 is 0 Å². The van der Waals surface area contributed by atoms with Gasteiger partial charge >= 0.3 is 0 Å². The molecule has 4 heteroatoms. The zero-order valence-electron chi connectivity index (χ0n) is 13.2. The van der Waals surface area contributed by atoms with Crippen molar-refractivity contribution in [3.63, 3.8) is 0 Å². The van der Waals surface area contributed by atoms with Crippen molar-refractivity contribution in [1.29, 1.82) is 0 Å². The summed E-state index contributed by atoms with van der Waals surface area (Å²) in [6, 6.07) is 1.41. The van der Waals surface area contributed by atoms with E-state index in [0.717, 1.165) is 18.5 Å². The lowest BCUT2D eigenvalue weighted by atomic mass is 9.85. The number of likely N-dealkylation sites (tertiary alicyclic amines) is 1. The van der Waals surface area contributed by atoms with E-state index in [9.17, 15) is 0 Å². The van der Waals surface area contributed by atoms with Crippen molar-refractivity contribution in [2.45, 2.75) is 31.3 Å². The number of piperidine rings is 1. The topological polar surface area (TPSA) is 21.8 Å². The van der Waals surface area contributed by atoms with Crippen molar-refractivity contribution in [1.82, 2.24) is 20.0 Å². The Morgan fingerprint density at radius 2 is 1.79 bits per heavy atom. The molecule has 0 saturated carbocycles. The monoisotopic (exact) mass is 268 g/mol. The molecule has 2 fully saturated rings. The van der Waals surface area contributed by atoms with Crippen molar-refractivity contribution < 1.29 is 0 Å². The highest BCUT2D eigenvalue weighted by molar-refractivity contribution is 4.87. The fraction of sp³-hybridized carbons (Fsp3) is 1.00. The van der Waals surface area contributed by atoms with Gasteiger partial charge in [-0.1, -0.05) is 0 Å². The fourth-order valence-corrected chi connectivity index (χ4v) is 3.68. The average molecular weight is 268 g/mol. The number of hydrogen-bond acceptors (Lipinski definition) is 4. The smallest absolute Gasteiger partial charge is 0.0210 e. The van der Waals surface area contributed by atoms with Gasteiger partial charge < -0.3 is 20.0 Å². The molecule has 19 heavy (non-hydrogen) atoms. The minimum Gasteiger partial charge on any atom is -0.311 e. The number of hydrogen-bond donors (Lipinski definition) is 1. The quantitative estimate of drug-likeness (QED) is 0.804. The van der Waals surface area contributed by atoms with E-state index in [-0.39, 0.29) is 0 Å². The van der Waals surface area contributed by atoms with Gasteiger partial charge in [-0.15, -0.1) is 0 Å². The highest BCUT2D eigenvalue weighted by Gasteiger charge is 2.30. The first kappa shape index (κ1) is 15.2. The van der Waals surface area contributed by atoms with Crippen LogP contribution in [0.3, 0.4) is 0 Å². The third-order valence-corrected chi connectivity index (χ3v) is 4.96. The summed E-state index contributed by atoms with van der Waals surface area (Å²) in [5, 5.41) is 3.70. The van der Waals surface area contributed by atoms with Crippen LogP contribution in [-0.4, -0.2) is 87.7 Å². The van der Waals surface area contributed by atoms with Crippen LogP contribution in [0.1, 0.15) is 19.3 Å². The van der Waals surface area contributed by atoms with Gasteiger partial charge in [-0.05, 0) is 66.5 Å². The molecule has 0 aliphatic carbocycles. The Kier molecular flexibility index (Phi) is 5.63. The van der Waals surface area contributed by atoms with E-state index in [2.05, 4.69) is 48.2 Å². The summed E-state index contributed by atoms with van der Waals surface area (Å²) >= 11 is 0. The molecule has 0 bridgehead atoms. The van der Waals surface area contributed by atoms with E-state index in [4.69, 9.17) is 0 Å². The van der Waals surface area contributed by atoms with Crippen molar-refractivity contribution in [3.8, 4) is 0 Å². The first-order valence-electron chi connectivity index (χ1n) is 7.83. The highest BCUT2D eigenvalue weighted by atomic mass is 15.2. The standard InChI is InChI=1S/C15H32N4/c1-17(2)15(13-5-8-18(3)9-6-13)11-14-12-19(4)10-7-16-14/h13-16H,5-12H2,1-4H3. The Morgan fingerprint density at radius 1 is 1.11 bits per heavy atom. The Balaban J connectivity index is 1.88. The lowest BCUT2D eigenvalue weighted by Gasteiger charge is -2.41. The van der Waals surface area contributed by atoms with Crippen LogP contribution >= 0.6 is 0 Å². The lowest BCUT2D eigenvalue weighted by Crippen LogP contribution is -2.53. The minimum absolute atomic E-state index is 0.672. The van der Waals surface area contributed by atoms with Crippen molar-refractivity contribution in [2.24, 2.45) is 5.92 Å². The molecule has 2 aliphatic heterocycles. The van der Waals surface area contributed by atoms with Crippen molar-refractivity contribution >= 4 is 0 Å². The molecular weight excluding hydrogens is 236 g/mol. The number of likely N-dealkylation sites (N-methyl/N-ethyl adjacent to an activating group) is 1. The molecular formula is C15H32N4. The molecule has 2 atom stereocenters. The molecule has 2 heterocycles. The molecule has 0 amide bonds. The molecule has 2 aliphatic rings. The van der Waals surface area contributed by atoms with E-state index >= 15 is 0 Å². The summed E-state index contributed by atoms with van der Waals surface area (Å²) in [4.78, 5) is 7.39. The Labute approximate surface area is 119 Å². The maximum atomic E-state index is 3.70. The van der Waals surface area contributed by atoms with Gasteiger partial charge in [-0.3, -0.25) is 0 Å². The van der Waals surface area contributed by atoms with Crippen LogP contribution in [0.5, 0.6) is 0 Å². The Bertz CT molecular complexity index is 261.